The van der Waals surface area contributed by atoms with Gasteiger partial charge in [0.2, 0.25) is 0 Å². The lowest BCUT2D eigenvalue weighted by atomic mass is 9.36. The summed E-state index contributed by atoms with van der Waals surface area (Å²) in [5.41, 5.74) is 23.5. The topological polar surface area (TPSA) is 14.7 Å². The van der Waals surface area contributed by atoms with E-state index in [1.807, 2.05) is 11.3 Å². The zero-order chi connectivity index (χ0) is 57.8. The van der Waals surface area contributed by atoms with Crippen LogP contribution in [0, 0.1) is 0 Å². The standard InChI is InChI=1S/C75H83BN4S/c1-70(2,3)46-24-32-52(33-25-46)78(53-34-26-47(27-35-53)71(4,5)6)62-45-55(44-61-66(62)56-22-20-21-23-59(56)77(61)19)79-60-38-30-50(74(13,14)15)41-58(60)76-67-63(79)42-51(75(16,17)18)43-64(67)80(54-36-28-48(29-37-54)72(7,8)9)68-57-40-49(73(10,11)12)31-39-65(57)81-69(68)76/h20-45H,1-19H3. The van der Waals surface area contributed by atoms with Crippen molar-refractivity contribution in [2.75, 3.05) is 14.7 Å². The average Bonchev–Trinajstić information content (AvgIpc) is 3.90. The van der Waals surface area contributed by atoms with E-state index in [0.717, 1.165) is 22.7 Å². The van der Waals surface area contributed by atoms with Gasteiger partial charge in [0.25, 0.3) is 6.71 Å². The quantitative estimate of drug-likeness (QED) is 0.160. The summed E-state index contributed by atoms with van der Waals surface area (Å²) in [6.45, 7) is 42.0. The molecule has 0 radical (unpaired) electrons. The largest absolute Gasteiger partial charge is 0.343 e. The van der Waals surface area contributed by atoms with E-state index >= 15 is 0 Å². The molecule has 0 spiro atoms. The van der Waals surface area contributed by atoms with Crippen molar-refractivity contribution in [3.8, 4) is 0 Å². The van der Waals surface area contributed by atoms with Crippen LogP contribution >= 0.6 is 11.3 Å². The lowest BCUT2D eigenvalue weighted by Crippen LogP contribution is -2.60. The summed E-state index contributed by atoms with van der Waals surface area (Å²) < 4.78 is 5.15. The Hall–Kier alpha value is -7.02. The highest BCUT2D eigenvalue weighted by Crippen LogP contribution is 2.53. The Bertz CT molecular complexity index is 4050. The van der Waals surface area contributed by atoms with E-state index in [9.17, 15) is 0 Å². The minimum Gasteiger partial charge on any atom is -0.343 e. The molecule has 10 aromatic rings. The number of aromatic nitrogens is 1. The number of hydrogen-bond donors (Lipinski definition) is 0. The maximum absolute atomic E-state index is 2.66. The first-order chi connectivity index (χ1) is 37.9. The number of rotatable bonds is 5. The molecule has 0 saturated carbocycles. The van der Waals surface area contributed by atoms with Crippen molar-refractivity contribution in [3.63, 3.8) is 0 Å². The zero-order valence-corrected chi connectivity index (χ0v) is 52.6. The van der Waals surface area contributed by atoms with Crippen molar-refractivity contribution >= 4 is 117 Å². The molecule has 0 aliphatic carbocycles. The van der Waals surface area contributed by atoms with Crippen LogP contribution in [0.1, 0.15) is 158 Å². The van der Waals surface area contributed by atoms with Gasteiger partial charge in [-0.1, -0.05) is 197 Å². The van der Waals surface area contributed by atoms with E-state index in [1.165, 1.54) is 109 Å². The van der Waals surface area contributed by atoms with Gasteiger partial charge in [-0.25, -0.2) is 0 Å². The molecule has 2 aromatic heterocycles. The lowest BCUT2D eigenvalue weighted by molar-refractivity contribution is 0.590. The maximum Gasteiger partial charge on any atom is 0.264 e. The van der Waals surface area contributed by atoms with Crippen LogP contribution in [0.2, 0.25) is 0 Å². The number of thiophene rings is 1. The summed E-state index contributed by atoms with van der Waals surface area (Å²) in [6.07, 6.45) is 0. The summed E-state index contributed by atoms with van der Waals surface area (Å²) in [7, 11) is 2.26. The second-order valence-electron chi connectivity index (χ2n) is 29.7. The van der Waals surface area contributed by atoms with Crippen LogP contribution in [0.3, 0.4) is 0 Å². The first kappa shape index (κ1) is 54.6. The molecule has 0 fully saturated rings. The molecule has 2 aliphatic rings. The third-order valence-electron chi connectivity index (χ3n) is 17.7. The molecule has 412 valence electrons. The molecule has 6 heteroatoms. The molecule has 0 amide bonds. The third-order valence-corrected chi connectivity index (χ3v) is 18.9. The van der Waals surface area contributed by atoms with Crippen molar-refractivity contribution in [2.45, 2.75) is 157 Å². The molecule has 12 rings (SSSR count). The zero-order valence-electron chi connectivity index (χ0n) is 51.8. The number of fused-ring (bicyclic) bond motifs is 9. The molecular weight excluding hydrogens is 1000 g/mol. The Kier molecular flexibility index (Phi) is 12.5. The van der Waals surface area contributed by atoms with Gasteiger partial charge in [-0.3, -0.25) is 0 Å². The van der Waals surface area contributed by atoms with Gasteiger partial charge in [-0.2, -0.15) is 0 Å². The van der Waals surface area contributed by atoms with Crippen molar-refractivity contribution in [1.29, 1.82) is 0 Å². The van der Waals surface area contributed by atoms with Crippen molar-refractivity contribution < 1.29 is 0 Å². The van der Waals surface area contributed by atoms with Gasteiger partial charge in [0.15, 0.2) is 0 Å². The van der Waals surface area contributed by atoms with Gasteiger partial charge in [0, 0.05) is 72.3 Å². The molecular formula is C75H83BN4S. The highest BCUT2D eigenvalue weighted by Gasteiger charge is 2.47. The smallest absolute Gasteiger partial charge is 0.264 e. The van der Waals surface area contributed by atoms with Crippen molar-refractivity contribution in [2.24, 2.45) is 7.05 Å². The number of anilines is 9. The van der Waals surface area contributed by atoms with E-state index in [0.29, 0.717) is 0 Å². The molecule has 8 aromatic carbocycles. The predicted octanol–water partition coefficient (Wildman–Crippen LogP) is 19.9. The van der Waals surface area contributed by atoms with Crippen LogP contribution in [-0.4, -0.2) is 11.3 Å². The summed E-state index contributed by atoms with van der Waals surface area (Å²) in [6, 6.07) is 62.1. The number of nitrogens with zero attached hydrogens (tertiary/aromatic N) is 4. The number of hydrogen-bond acceptors (Lipinski definition) is 4. The highest BCUT2D eigenvalue weighted by atomic mass is 32.1. The van der Waals surface area contributed by atoms with Crippen LogP contribution in [0.4, 0.5) is 51.2 Å². The fourth-order valence-electron chi connectivity index (χ4n) is 12.7. The van der Waals surface area contributed by atoms with Crippen LogP contribution in [0.15, 0.2) is 158 Å². The Balaban J connectivity index is 1.22. The average molecular weight is 1080 g/mol. The fraction of sp³-hybridized carbons (Fsp3) is 0.333. The minimum absolute atomic E-state index is 0.00502. The van der Waals surface area contributed by atoms with Gasteiger partial charge in [0.1, 0.15) is 0 Å². The van der Waals surface area contributed by atoms with E-state index in [4.69, 9.17) is 0 Å². The molecule has 0 atom stereocenters. The highest BCUT2D eigenvalue weighted by molar-refractivity contribution is 7.33. The van der Waals surface area contributed by atoms with Crippen LogP contribution < -0.4 is 30.4 Å². The lowest BCUT2D eigenvalue weighted by Gasteiger charge is -2.44. The minimum atomic E-state index is -0.179. The van der Waals surface area contributed by atoms with E-state index in [2.05, 4.69) is 309 Å². The molecule has 4 nitrogen and oxygen atoms in total. The summed E-state index contributed by atoms with van der Waals surface area (Å²) >= 11 is 1.99. The summed E-state index contributed by atoms with van der Waals surface area (Å²) in [5.74, 6) is 0. The number of benzene rings is 8. The molecule has 4 heterocycles. The number of aryl methyl sites for hydroxylation is 1. The summed E-state index contributed by atoms with van der Waals surface area (Å²) in [5, 5.41) is 3.79. The van der Waals surface area contributed by atoms with Gasteiger partial charge in [-0.05, 0) is 162 Å². The Morgan fingerprint density at radius 2 is 0.877 bits per heavy atom. The monoisotopic (exact) mass is 1080 g/mol. The first-order valence-corrected chi connectivity index (χ1v) is 30.3. The molecule has 81 heavy (non-hydrogen) atoms. The normalized spacial score (nSPS) is 14.0. The second kappa shape index (κ2) is 18.5. The van der Waals surface area contributed by atoms with E-state index in [-0.39, 0.29) is 39.2 Å². The van der Waals surface area contributed by atoms with E-state index in [1.54, 1.807) is 0 Å². The summed E-state index contributed by atoms with van der Waals surface area (Å²) in [4.78, 5) is 7.86. The van der Waals surface area contributed by atoms with Crippen molar-refractivity contribution in [3.05, 3.63) is 191 Å². The number of para-hydroxylation sites is 1. The molecule has 0 unspecified atom stereocenters. The SMILES string of the molecule is Cn1c2ccccc2c2c(N(c3ccc(C(C)(C)C)cc3)c3ccc(C(C)(C)C)cc3)cc(N3c4ccc(C(C)(C)C)cc4B4c5sc6ccc(C(C)(C)C)cc6c5N(c5ccc(C(C)(C)C)cc5)c5cc(C(C)(C)C)cc3c54)cc21. The molecule has 0 saturated heterocycles. The third kappa shape index (κ3) is 9.20. The van der Waals surface area contributed by atoms with Gasteiger partial charge < -0.3 is 19.3 Å². The maximum atomic E-state index is 2.66. The van der Waals surface area contributed by atoms with Gasteiger partial charge >= 0.3 is 0 Å². The molecule has 0 bridgehead atoms. The van der Waals surface area contributed by atoms with Gasteiger partial charge in [0.05, 0.1) is 22.6 Å². The Morgan fingerprint density at radius 1 is 0.395 bits per heavy atom. The Labute approximate surface area is 488 Å². The van der Waals surface area contributed by atoms with Gasteiger partial charge in [-0.15, -0.1) is 11.3 Å². The van der Waals surface area contributed by atoms with Crippen LogP contribution in [0.5, 0.6) is 0 Å². The molecule has 2 aliphatic heterocycles. The van der Waals surface area contributed by atoms with Crippen LogP contribution in [-0.2, 0) is 39.5 Å². The predicted molar refractivity (Wildman–Crippen MR) is 357 cm³/mol. The van der Waals surface area contributed by atoms with Crippen LogP contribution in [0.25, 0.3) is 31.9 Å². The van der Waals surface area contributed by atoms with E-state index < -0.39 is 0 Å². The second-order valence-corrected chi connectivity index (χ2v) is 30.8. The first-order valence-electron chi connectivity index (χ1n) is 29.5. The fourth-order valence-corrected chi connectivity index (χ4v) is 14.0. The molecule has 0 N–H and O–H groups in total. The Morgan fingerprint density at radius 3 is 1.42 bits per heavy atom. The van der Waals surface area contributed by atoms with Crippen molar-refractivity contribution in [1.82, 2.24) is 4.57 Å².